The van der Waals surface area contributed by atoms with Crippen LogP contribution < -0.4 is 15.4 Å². The first-order chi connectivity index (χ1) is 11.2. The summed E-state index contributed by atoms with van der Waals surface area (Å²) < 4.78 is 32.2. The van der Waals surface area contributed by atoms with E-state index in [1.807, 2.05) is 20.8 Å². The van der Waals surface area contributed by atoms with E-state index < -0.39 is 10.0 Å². The Labute approximate surface area is 168 Å². The SMILES string of the molecule is CN=C(NCCNS(=O)(=O)c1ccc(C)cc1)NCC(C)(C)OC.I. The van der Waals surface area contributed by atoms with Gasteiger partial charge in [0, 0.05) is 33.8 Å². The number of guanidine groups is 1. The fourth-order valence-electron chi connectivity index (χ4n) is 1.76. The number of nitrogens with zero attached hydrogens (tertiary/aromatic N) is 1. The highest BCUT2D eigenvalue weighted by atomic mass is 127. The lowest BCUT2D eigenvalue weighted by molar-refractivity contribution is 0.0268. The summed E-state index contributed by atoms with van der Waals surface area (Å²) in [6.45, 7) is 7.09. The molecular weight excluding hydrogens is 455 g/mol. The third-order valence-electron chi connectivity index (χ3n) is 3.50. The lowest BCUT2D eigenvalue weighted by Crippen LogP contribution is -2.46. The summed E-state index contributed by atoms with van der Waals surface area (Å²) in [6, 6.07) is 6.74. The molecule has 7 nitrogen and oxygen atoms in total. The minimum Gasteiger partial charge on any atom is -0.377 e. The van der Waals surface area contributed by atoms with Crippen molar-refractivity contribution >= 4 is 40.0 Å². The number of halogens is 1. The average Bonchev–Trinajstić information content (AvgIpc) is 2.54. The van der Waals surface area contributed by atoms with Crippen LogP contribution in [0.2, 0.25) is 0 Å². The molecule has 1 rings (SSSR count). The lowest BCUT2D eigenvalue weighted by Gasteiger charge is -2.24. The second-order valence-corrected chi connectivity index (χ2v) is 7.79. The minimum absolute atomic E-state index is 0. The smallest absolute Gasteiger partial charge is 0.240 e. The maximum Gasteiger partial charge on any atom is 0.240 e. The third-order valence-corrected chi connectivity index (χ3v) is 4.98. The van der Waals surface area contributed by atoms with Crippen molar-refractivity contribution in [3.05, 3.63) is 29.8 Å². The van der Waals surface area contributed by atoms with Crippen molar-refractivity contribution in [3.63, 3.8) is 0 Å². The van der Waals surface area contributed by atoms with Gasteiger partial charge in [-0.1, -0.05) is 17.7 Å². The average molecular weight is 484 g/mol. The molecule has 0 aliphatic rings. The summed E-state index contributed by atoms with van der Waals surface area (Å²) >= 11 is 0. The van der Waals surface area contributed by atoms with Gasteiger partial charge in [0.05, 0.1) is 10.5 Å². The van der Waals surface area contributed by atoms with E-state index in [-0.39, 0.29) is 41.0 Å². The van der Waals surface area contributed by atoms with Crippen LogP contribution in [-0.4, -0.2) is 53.8 Å². The Morgan fingerprint density at radius 3 is 2.28 bits per heavy atom. The molecule has 9 heteroatoms. The zero-order chi connectivity index (χ0) is 18.2. The maximum absolute atomic E-state index is 12.2. The predicted molar refractivity (Wildman–Crippen MR) is 112 cm³/mol. The van der Waals surface area contributed by atoms with Gasteiger partial charge in [-0.25, -0.2) is 13.1 Å². The van der Waals surface area contributed by atoms with Crippen LogP contribution >= 0.6 is 24.0 Å². The van der Waals surface area contributed by atoms with E-state index in [0.717, 1.165) is 5.56 Å². The molecule has 0 saturated carbocycles. The zero-order valence-electron chi connectivity index (χ0n) is 15.4. The number of aliphatic imine (C=N–C) groups is 1. The number of hydrogen-bond donors (Lipinski definition) is 3. The molecule has 0 fully saturated rings. The monoisotopic (exact) mass is 484 g/mol. The first-order valence-electron chi connectivity index (χ1n) is 7.76. The van der Waals surface area contributed by atoms with Crippen molar-refractivity contribution < 1.29 is 13.2 Å². The van der Waals surface area contributed by atoms with Gasteiger partial charge in [-0.2, -0.15) is 0 Å². The highest BCUT2D eigenvalue weighted by Crippen LogP contribution is 2.09. The fraction of sp³-hybridized carbons (Fsp3) is 0.562. The van der Waals surface area contributed by atoms with Crippen molar-refractivity contribution in [2.75, 3.05) is 33.8 Å². The number of aryl methyl sites for hydroxylation is 1. The number of ether oxygens (including phenoxy) is 1. The lowest BCUT2D eigenvalue weighted by atomic mass is 10.1. The highest BCUT2D eigenvalue weighted by Gasteiger charge is 2.16. The van der Waals surface area contributed by atoms with Gasteiger partial charge < -0.3 is 15.4 Å². The number of methoxy groups -OCH3 is 1. The molecule has 0 unspecified atom stereocenters. The Morgan fingerprint density at radius 1 is 1.16 bits per heavy atom. The fourth-order valence-corrected chi connectivity index (χ4v) is 2.79. The van der Waals surface area contributed by atoms with Gasteiger partial charge in [-0.05, 0) is 32.9 Å². The summed E-state index contributed by atoms with van der Waals surface area (Å²) in [6.07, 6.45) is 0. The number of hydrogen-bond acceptors (Lipinski definition) is 4. The van der Waals surface area contributed by atoms with E-state index in [9.17, 15) is 8.42 Å². The Bertz CT molecular complexity index is 646. The number of rotatable bonds is 8. The van der Waals surface area contributed by atoms with Crippen LogP contribution in [0.4, 0.5) is 0 Å². The van der Waals surface area contributed by atoms with E-state index in [2.05, 4.69) is 20.3 Å². The molecule has 0 radical (unpaired) electrons. The summed E-state index contributed by atoms with van der Waals surface area (Å²) in [7, 11) is -0.183. The van der Waals surface area contributed by atoms with E-state index in [4.69, 9.17) is 4.74 Å². The van der Waals surface area contributed by atoms with Gasteiger partial charge in [-0.15, -0.1) is 24.0 Å². The summed E-state index contributed by atoms with van der Waals surface area (Å²) in [5, 5.41) is 6.19. The Kier molecular flexibility index (Phi) is 10.5. The maximum atomic E-state index is 12.2. The molecule has 0 spiro atoms. The van der Waals surface area contributed by atoms with Crippen LogP contribution in [0, 0.1) is 6.92 Å². The Hall–Kier alpha value is -0.910. The van der Waals surface area contributed by atoms with E-state index >= 15 is 0 Å². The molecule has 0 amide bonds. The minimum atomic E-state index is -3.49. The first-order valence-corrected chi connectivity index (χ1v) is 9.24. The summed E-state index contributed by atoms with van der Waals surface area (Å²) in [5.41, 5.74) is 0.703. The van der Waals surface area contributed by atoms with Crippen molar-refractivity contribution in [2.45, 2.75) is 31.3 Å². The molecule has 0 bridgehead atoms. The van der Waals surface area contributed by atoms with Gasteiger partial charge in [0.2, 0.25) is 10.0 Å². The second kappa shape index (κ2) is 10.9. The summed E-state index contributed by atoms with van der Waals surface area (Å²) in [4.78, 5) is 4.35. The van der Waals surface area contributed by atoms with Gasteiger partial charge in [0.25, 0.3) is 0 Å². The topological polar surface area (TPSA) is 91.8 Å². The number of sulfonamides is 1. The Balaban J connectivity index is 0.00000576. The van der Waals surface area contributed by atoms with Crippen molar-refractivity contribution in [1.29, 1.82) is 0 Å². The molecule has 0 atom stereocenters. The molecule has 0 aliphatic heterocycles. The van der Waals surface area contributed by atoms with Gasteiger partial charge in [0.15, 0.2) is 5.96 Å². The summed E-state index contributed by atoms with van der Waals surface area (Å²) in [5.74, 6) is 0.592. The molecule has 0 aliphatic carbocycles. The molecule has 0 heterocycles. The van der Waals surface area contributed by atoms with Crippen LogP contribution in [0.15, 0.2) is 34.2 Å². The quantitative estimate of drug-likeness (QED) is 0.225. The second-order valence-electron chi connectivity index (χ2n) is 6.03. The molecule has 144 valence electrons. The van der Waals surface area contributed by atoms with Crippen LogP contribution in [0.25, 0.3) is 0 Å². The molecule has 1 aromatic rings. The molecular formula is C16H29IN4O3S. The van der Waals surface area contributed by atoms with Crippen LogP contribution in [0.5, 0.6) is 0 Å². The van der Waals surface area contributed by atoms with Crippen molar-refractivity contribution in [2.24, 2.45) is 4.99 Å². The normalized spacial score (nSPS) is 12.4. The van der Waals surface area contributed by atoms with E-state index in [1.165, 1.54) is 0 Å². The van der Waals surface area contributed by atoms with Crippen LogP contribution in [0.1, 0.15) is 19.4 Å². The molecule has 25 heavy (non-hydrogen) atoms. The standard InChI is InChI=1S/C16H28N4O3S.HI/c1-13-6-8-14(9-7-13)24(21,22)20-11-10-18-15(17-4)19-12-16(2,3)23-5;/h6-9,20H,10-12H2,1-5H3,(H2,17,18,19);1H. The van der Waals surface area contributed by atoms with Crippen molar-refractivity contribution in [3.8, 4) is 0 Å². The van der Waals surface area contributed by atoms with E-state index in [1.54, 1.807) is 38.4 Å². The van der Waals surface area contributed by atoms with Gasteiger partial charge in [-0.3, -0.25) is 4.99 Å². The van der Waals surface area contributed by atoms with Crippen LogP contribution in [-0.2, 0) is 14.8 Å². The van der Waals surface area contributed by atoms with Crippen molar-refractivity contribution in [1.82, 2.24) is 15.4 Å². The predicted octanol–water partition coefficient (Wildman–Crippen LogP) is 1.48. The zero-order valence-corrected chi connectivity index (χ0v) is 18.6. The number of benzene rings is 1. The van der Waals surface area contributed by atoms with Crippen LogP contribution in [0.3, 0.4) is 0 Å². The highest BCUT2D eigenvalue weighted by molar-refractivity contribution is 14.0. The molecule has 0 saturated heterocycles. The van der Waals surface area contributed by atoms with Gasteiger partial charge in [0.1, 0.15) is 0 Å². The molecule has 1 aromatic carbocycles. The first kappa shape index (κ1) is 24.1. The Morgan fingerprint density at radius 2 is 1.76 bits per heavy atom. The molecule has 0 aromatic heterocycles. The van der Waals surface area contributed by atoms with E-state index in [0.29, 0.717) is 19.0 Å². The largest absolute Gasteiger partial charge is 0.377 e. The molecule has 3 N–H and O–H groups in total. The third kappa shape index (κ3) is 8.84. The number of nitrogens with one attached hydrogen (secondary N) is 3. The van der Waals surface area contributed by atoms with Gasteiger partial charge >= 0.3 is 0 Å².